The number of carbonyl (C=O) groups is 3. The number of anilines is 2. The van der Waals surface area contributed by atoms with Gasteiger partial charge >= 0.3 is 6.18 Å². The third-order valence-corrected chi connectivity index (χ3v) is 6.26. The Bertz CT molecular complexity index is 1160. The summed E-state index contributed by atoms with van der Waals surface area (Å²) in [7, 11) is 0. The van der Waals surface area contributed by atoms with Crippen molar-refractivity contribution in [3.05, 3.63) is 65.7 Å². The molecule has 0 bridgehead atoms. The average Bonchev–Trinajstić information content (AvgIpc) is 3.21. The molecule has 2 aromatic rings. The summed E-state index contributed by atoms with van der Waals surface area (Å²) >= 11 is 0. The Morgan fingerprint density at radius 2 is 1.68 bits per heavy atom. The van der Waals surface area contributed by atoms with Gasteiger partial charge < -0.3 is 4.90 Å². The van der Waals surface area contributed by atoms with Gasteiger partial charge in [0.25, 0.3) is 0 Å². The molecule has 158 valence electrons. The molecule has 0 radical (unpaired) electrons. The molecule has 0 saturated carbocycles. The lowest BCUT2D eigenvalue weighted by atomic mass is 9.88. The highest BCUT2D eigenvalue weighted by atomic mass is 19.4. The molecule has 0 N–H and O–H groups in total. The van der Waals surface area contributed by atoms with E-state index in [9.17, 15) is 27.6 Å². The van der Waals surface area contributed by atoms with E-state index < -0.39 is 47.5 Å². The van der Waals surface area contributed by atoms with Crippen LogP contribution in [0.5, 0.6) is 0 Å². The molecule has 3 heterocycles. The summed E-state index contributed by atoms with van der Waals surface area (Å²) in [4.78, 5) is 42.0. The number of fused-ring (bicyclic) bond motifs is 5. The molecular formula is C23H17F3N2O3. The largest absolute Gasteiger partial charge is 0.416 e. The SMILES string of the molecule is CC(=O)[C@@H]1[C@@H]2C(=O)N(c3cccc(C(F)(F)F)c3)C(=O)[C@H]2[C@H]2C=Cc3ccccc3N21. The molecule has 4 atom stereocenters. The van der Waals surface area contributed by atoms with E-state index in [1.54, 1.807) is 6.08 Å². The number of alkyl halides is 3. The van der Waals surface area contributed by atoms with Gasteiger partial charge in [0.1, 0.15) is 6.04 Å². The number of hydrogen-bond donors (Lipinski definition) is 0. The Hall–Kier alpha value is -3.42. The number of Topliss-reactive ketones (excluding diaryl/α,β-unsaturated/α-hetero) is 1. The van der Waals surface area contributed by atoms with Crippen molar-refractivity contribution < 1.29 is 27.6 Å². The van der Waals surface area contributed by atoms with Gasteiger partial charge in [-0.25, -0.2) is 4.90 Å². The Labute approximate surface area is 175 Å². The molecule has 0 aromatic heterocycles. The molecule has 2 fully saturated rings. The van der Waals surface area contributed by atoms with Gasteiger partial charge in [-0.15, -0.1) is 0 Å². The number of carbonyl (C=O) groups excluding carboxylic acids is 3. The summed E-state index contributed by atoms with van der Waals surface area (Å²) in [5.74, 6) is -3.30. The summed E-state index contributed by atoms with van der Waals surface area (Å²) < 4.78 is 39.5. The van der Waals surface area contributed by atoms with E-state index in [0.29, 0.717) is 0 Å². The summed E-state index contributed by atoms with van der Waals surface area (Å²) in [6, 6.07) is 10.1. The number of imide groups is 1. The zero-order valence-electron chi connectivity index (χ0n) is 16.3. The highest BCUT2D eigenvalue weighted by Gasteiger charge is 2.63. The number of nitrogens with zero attached hydrogens (tertiary/aromatic N) is 2. The molecule has 0 spiro atoms. The minimum absolute atomic E-state index is 0.131. The molecule has 3 aliphatic heterocycles. The first kappa shape index (κ1) is 19.5. The van der Waals surface area contributed by atoms with Gasteiger partial charge in [0, 0.05) is 5.69 Å². The highest BCUT2D eigenvalue weighted by molar-refractivity contribution is 6.24. The molecule has 5 nitrogen and oxygen atoms in total. The van der Waals surface area contributed by atoms with E-state index in [1.807, 2.05) is 35.2 Å². The minimum atomic E-state index is -4.60. The lowest BCUT2D eigenvalue weighted by Crippen LogP contribution is -2.48. The number of halogens is 3. The van der Waals surface area contributed by atoms with Crippen LogP contribution in [0.25, 0.3) is 6.08 Å². The predicted octanol–water partition coefficient (Wildman–Crippen LogP) is 3.68. The summed E-state index contributed by atoms with van der Waals surface area (Å²) in [6.45, 7) is 1.37. The molecule has 31 heavy (non-hydrogen) atoms. The van der Waals surface area contributed by atoms with Crippen LogP contribution in [-0.2, 0) is 20.6 Å². The van der Waals surface area contributed by atoms with Gasteiger partial charge in [-0.05, 0) is 36.8 Å². The molecule has 2 amide bonds. The average molecular weight is 426 g/mol. The Morgan fingerprint density at radius 1 is 0.968 bits per heavy atom. The zero-order valence-corrected chi connectivity index (χ0v) is 16.3. The van der Waals surface area contributed by atoms with Crippen LogP contribution >= 0.6 is 0 Å². The van der Waals surface area contributed by atoms with Crippen molar-refractivity contribution in [1.82, 2.24) is 0 Å². The van der Waals surface area contributed by atoms with Crippen molar-refractivity contribution in [2.75, 3.05) is 9.80 Å². The monoisotopic (exact) mass is 426 g/mol. The second-order valence-electron chi connectivity index (χ2n) is 7.98. The summed E-state index contributed by atoms with van der Waals surface area (Å²) in [5.41, 5.74) is 0.558. The third kappa shape index (κ3) is 2.74. The second kappa shape index (κ2) is 6.54. The van der Waals surface area contributed by atoms with E-state index in [1.165, 1.54) is 19.1 Å². The van der Waals surface area contributed by atoms with Crippen LogP contribution in [0.2, 0.25) is 0 Å². The van der Waals surface area contributed by atoms with Crippen molar-refractivity contribution in [2.45, 2.75) is 25.2 Å². The third-order valence-electron chi connectivity index (χ3n) is 6.26. The maximum absolute atomic E-state index is 13.3. The van der Waals surface area contributed by atoms with Crippen molar-refractivity contribution in [2.24, 2.45) is 11.8 Å². The van der Waals surface area contributed by atoms with E-state index in [-0.39, 0.29) is 11.5 Å². The fourth-order valence-electron chi connectivity index (χ4n) is 5.05. The number of rotatable bonds is 2. The molecule has 3 aliphatic rings. The maximum Gasteiger partial charge on any atom is 0.416 e. The normalized spacial score (nSPS) is 26.7. The zero-order chi connectivity index (χ0) is 22.1. The quantitative estimate of drug-likeness (QED) is 0.688. The van der Waals surface area contributed by atoms with Crippen LogP contribution < -0.4 is 9.80 Å². The molecule has 8 heteroatoms. The Kier molecular flexibility index (Phi) is 4.12. The smallest absolute Gasteiger partial charge is 0.353 e. The van der Waals surface area contributed by atoms with Crippen LogP contribution in [0.1, 0.15) is 18.1 Å². The van der Waals surface area contributed by atoms with E-state index >= 15 is 0 Å². The van der Waals surface area contributed by atoms with Crippen molar-refractivity contribution in [3.8, 4) is 0 Å². The molecule has 5 rings (SSSR count). The summed E-state index contributed by atoms with van der Waals surface area (Å²) in [5, 5.41) is 0. The molecule has 0 unspecified atom stereocenters. The lowest BCUT2D eigenvalue weighted by Gasteiger charge is -2.36. The minimum Gasteiger partial charge on any atom is -0.353 e. The topological polar surface area (TPSA) is 57.7 Å². The van der Waals surface area contributed by atoms with E-state index in [2.05, 4.69) is 0 Å². The lowest BCUT2D eigenvalue weighted by molar-refractivity contribution is -0.137. The van der Waals surface area contributed by atoms with Gasteiger partial charge in [0.05, 0.1) is 29.1 Å². The van der Waals surface area contributed by atoms with Crippen molar-refractivity contribution in [3.63, 3.8) is 0 Å². The number of benzene rings is 2. The number of ketones is 1. The van der Waals surface area contributed by atoms with Crippen molar-refractivity contribution in [1.29, 1.82) is 0 Å². The molecule has 2 saturated heterocycles. The second-order valence-corrected chi connectivity index (χ2v) is 7.98. The van der Waals surface area contributed by atoms with Crippen LogP contribution in [0, 0.1) is 11.8 Å². The van der Waals surface area contributed by atoms with Crippen molar-refractivity contribution >= 4 is 35.0 Å². The van der Waals surface area contributed by atoms with Crippen LogP contribution in [0.15, 0.2) is 54.6 Å². The molecular weight excluding hydrogens is 409 g/mol. The molecule has 2 aromatic carbocycles. The van der Waals surface area contributed by atoms with Crippen LogP contribution in [-0.4, -0.2) is 29.7 Å². The maximum atomic E-state index is 13.3. The van der Waals surface area contributed by atoms with Crippen LogP contribution in [0.3, 0.4) is 0 Å². The van der Waals surface area contributed by atoms with Gasteiger partial charge in [-0.3, -0.25) is 14.4 Å². The van der Waals surface area contributed by atoms with Gasteiger partial charge in [0.15, 0.2) is 5.78 Å². The highest BCUT2D eigenvalue weighted by Crippen LogP contribution is 2.49. The standard InChI is InChI=1S/C23H17F3N2O3/c1-12(29)20-19-18(17-10-9-13-5-2-3-8-16(13)28(17)20)21(30)27(22(19)31)15-7-4-6-14(11-15)23(24,25)26/h2-11,17-20H,1H3/t17-,18+,19-,20-/m1/s1. The van der Waals surface area contributed by atoms with E-state index in [4.69, 9.17) is 0 Å². The number of para-hydroxylation sites is 1. The summed E-state index contributed by atoms with van der Waals surface area (Å²) in [6.07, 6.45) is -0.962. The fraction of sp³-hybridized carbons (Fsp3) is 0.261. The van der Waals surface area contributed by atoms with Gasteiger partial charge in [-0.1, -0.05) is 36.4 Å². The number of amides is 2. The fourth-order valence-corrected chi connectivity index (χ4v) is 5.05. The first-order chi connectivity index (χ1) is 14.7. The van der Waals surface area contributed by atoms with Gasteiger partial charge in [0.2, 0.25) is 11.8 Å². The molecule has 0 aliphatic carbocycles. The van der Waals surface area contributed by atoms with E-state index in [0.717, 1.165) is 28.3 Å². The number of hydrogen-bond acceptors (Lipinski definition) is 4. The first-order valence-electron chi connectivity index (χ1n) is 9.81. The van der Waals surface area contributed by atoms with Gasteiger partial charge in [-0.2, -0.15) is 13.2 Å². The Morgan fingerprint density at radius 3 is 2.39 bits per heavy atom. The Balaban J connectivity index is 1.60. The van der Waals surface area contributed by atoms with Crippen LogP contribution in [0.4, 0.5) is 24.5 Å². The predicted molar refractivity (Wildman–Crippen MR) is 107 cm³/mol. The first-order valence-corrected chi connectivity index (χ1v) is 9.81.